The summed E-state index contributed by atoms with van der Waals surface area (Å²) in [5.41, 5.74) is 4.79. The first-order chi connectivity index (χ1) is 12.5. The number of carbonyl (C=O) groups excluding carboxylic acids is 1. The van der Waals surface area contributed by atoms with E-state index in [1.807, 2.05) is 39.0 Å². The number of carbonyl (C=O) groups is 1. The first kappa shape index (κ1) is 18.7. The Labute approximate surface area is 158 Å². The molecule has 0 aliphatic heterocycles. The minimum atomic E-state index is -0.304. The molecule has 1 aromatic carbocycles. The highest BCUT2D eigenvalue weighted by molar-refractivity contribution is 8.00. The third kappa shape index (κ3) is 4.18. The average Bonchev–Trinajstić information content (AvgIpc) is 2.62. The lowest BCUT2D eigenvalue weighted by Crippen LogP contribution is -2.26. The molecular formula is C20H25N3O2S. The molecular weight excluding hydrogens is 346 g/mol. The van der Waals surface area contributed by atoms with Crippen LogP contribution in [0, 0.1) is 13.8 Å². The predicted molar refractivity (Wildman–Crippen MR) is 106 cm³/mol. The van der Waals surface area contributed by atoms with Crippen LogP contribution < -0.4 is 10.9 Å². The van der Waals surface area contributed by atoms with Crippen molar-refractivity contribution >= 4 is 23.4 Å². The Bertz CT molecular complexity index is 876. The number of H-pyrrole nitrogens is 1. The summed E-state index contributed by atoms with van der Waals surface area (Å²) >= 11 is 1.33. The van der Waals surface area contributed by atoms with Crippen LogP contribution in [0.3, 0.4) is 0 Å². The Hall–Kier alpha value is -2.08. The maximum absolute atomic E-state index is 12.7. The number of aromatic amines is 1. The van der Waals surface area contributed by atoms with E-state index in [9.17, 15) is 9.59 Å². The van der Waals surface area contributed by atoms with Crippen molar-refractivity contribution in [3.05, 3.63) is 50.9 Å². The van der Waals surface area contributed by atoms with Crippen LogP contribution in [-0.4, -0.2) is 21.1 Å². The third-order valence-corrected chi connectivity index (χ3v) is 6.11. The number of nitrogens with zero attached hydrogens (tertiary/aromatic N) is 1. The number of benzene rings is 1. The fourth-order valence-corrected chi connectivity index (χ4v) is 4.05. The largest absolute Gasteiger partial charge is 0.325 e. The summed E-state index contributed by atoms with van der Waals surface area (Å²) in [6, 6.07) is 5.89. The number of thioether (sulfide) groups is 1. The quantitative estimate of drug-likeness (QED) is 0.620. The molecule has 1 aliphatic rings. The number of aryl methyl sites for hydroxylation is 3. The van der Waals surface area contributed by atoms with Crippen LogP contribution in [0.1, 0.15) is 48.6 Å². The van der Waals surface area contributed by atoms with E-state index >= 15 is 0 Å². The van der Waals surface area contributed by atoms with Crippen molar-refractivity contribution in [1.29, 1.82) is 0 Å². The van der Waals surface area contributed by atoms with Gasteiger partial charge >= 0.3 is 0 Å². The topological polar surface area (TPSA) is 74.8 Å². The molecule has 1 amide bonds. The molecule has 138 valence electrons. The molecule has 1 aliphatic carbocycles. The smallest absolute Gasteiger partial charge is 0.254 e. The van der Waals surface area contributed by atoms with Gasteiger partial charge in [-0.3, -0.25) is 9.59 Å². The second-order valence-electron chi connectivity index (χ2n) is 6.81. The Morgan fingerprint density at radius 1 is 1.27 bits per heavy atom. The number of fused-ring (bicyclic) bond motifs is 1. The van der Waals surface area contributed by atoms with Gasteiger partial charge in [0, 0.05) is 11.3 Å². The number of rotatable bonds is 5. The lowest BCUT2D eigenvalue weighted by Gasteiger charge is -2.17. The van der Waals surface area contributed by atoms with E-state index < -0.39 is 0 Å². The Morgan fingerprint density at radius 3 is 2.77 bits per heavy atom. The molecule has 3 rings (SSSR count). The van der Waals surface area contributed by atoms with Crippen LogP contribution in [0.25, 0.3) is 0 Å². The number of aromatic nitrogens is 2. The van der Waals surface area contributed by atoms with Crippen LogP contribution in [-0.2, 0) is 17.6 Å². The standard InChI is InChI=1S/C20H25N3O2S/c1-4-17(19(25)21-14-10-9-12(2)13(3)11-14)26-20-22-16-8-6-5-7-15(16)18(24)23-20/h9-11,17H,4-8H2,1-3H3,(H,21,25)(H,22,23,24). The summed E-state index contributed by atoms with van der Waals surface area (Å²) < 4.78 is 0. The molecule has 1 aromatic heterocycles. The van der Waals surface area contributed by atoms with Gasteiger partial charge in [-0.25, -0.2) is 4.98 Å². The number of amides is 1. The van der Waals surface area contributed by atoms with Crippen LogP contribution >= 0.6 is 11.8 Å². The molecule has 0 saturated heterocycles. The zero-order chi connectivity index (χ0) is 18.7. The summed E-state index contributed by atoms with van der Waals surface area (Å²) in [5, 5.41) is 3.21. The van der Waals surface area contributed by atoms with Crippen LogP contribution in [0.4, 0.5) is 5.69 Å². The SMILES string of the molecule is CCC(Sc1nc2c(c(=O)[nH]1)CCCC2)C(=O)Nc1ccc(C)c(C)c1. The van der Waals surface area contributed by atoms with Gasteiger partial charge in [0.1, 0.15) is 0 Å². The van der Waals surface area contributed by atoms with E-state index in [0.717, 1.165) is 48.2 Å². The van der Waals surface area contributed by atoms with E-state index in [4.69, 9.17) is 0 Å². The number of anilines is 1. The van der Waals surface area contributed by atoms with Crippen molar-refractivity contribution in [3.8, 4) is 0 Å². The Balaban J connectivity index is 1.74. The van der Waals surface area contributed by atoms with E-state index in [1.54, 1.807) is 0 Å². The number of nitrogens with one attached hydrogen (secondary N) is 2. The van der Waals surface area contributed by atoms with E-state index in [-0.39, 0.29) is 16.7 Å². The fraction of sp³-hybridized carbons (Fsp3) is 0.450. The Morgan fingerprint density at radius 2 is 2.04 bits per heavy atom. The minimum Gasteiger partial charge on any atom is -0.325 e. The molecule has 1 heterocycles. The molecule has 0 saturated carbocycles. The summed E-state index contributed by atoms with van der Waals surface area (Å²) in [6.45, 7) is 6.04. The summed E-state index contributed by atoms with van der Waals surface area (Å²) in [5.74, 6) is -0.0684. The lowest BCUT2D eigenvalue weighted by atomic mass is 9.97. The maximum atomic E-state index is 12.7. The van der Waals surface area contributed by atoms with Crippen LogP contribution in [0.15, 0.2) is 28.2 Å². The van der Waals surface area contributed by atoms with Gasteiger partial charge < -0.3 is 10.3 Å². The molecule has 6 heteroatoms. The van der Waals surface area contributed by atoms with Gasteiger partial charge in [0.05, 0.1) is 10.9 Å². The summed E-state index contributed by atoms with van der Waals surface area (Å²) in [6.07, 6.45) is 4.41. The predicted octanol–water partition coefficient (Wildman–Crippen LogP) is 3.77. The fourth-order valence-electron chi connectivity index (χ4n) is 3.14. The van der Waals surface area contributed by atoms with Crippen LogP contribution in [0.2, 0.25) is 0 Å². The summed E-state index contributed by atoms with van der Waals surface area (Å²) in [4.78, 5) is 32.4. The van der Waals surface area contributed by atoms with Gasteiger partial charge in [0.2, 0.25) is 5.91 Å². The molecule has 0 bridgehead atoms. The normalized spacial score (nSPS) is 14.6. The monoisotopic (exact) mass is 371 g/mol. The molecule has 1 atom stereocenters. The number of hydrogen-bond acceptors (Lipinski definition) is 4. The van der Waals surface area contributed by atoms with Crippen molar-refractivity contribution in [3.63, 3.8) is 0 Å². The zero-order valence-corrected chi connectivity index (χ0v) is 16.3. The average molecular weight is 372 g/mol. The molecule has 1 unspecified atom stereocenters. The molecule has 0 spiro atoms. The molecule has 5 nitrogen and oxygen atoms in total. The maximum Gasteiger partial charge on any atom is 0.254 e. The third-order valence-electron chi connectivity index (χ3n) is 4.86. The highest BCUT2D eigenvalue weighted by atomic mass is 32.2. The molecule has 0 radical (unpaired) electrons. The van der Waals surface area contributed by atoms with Gasteiger partial charge in [0.15, 0.2) is 5.16 Å². The second kappa shape index (κ2) is 8.08. The molecule has 0 fully saturated rings. The first-order valence-electron chi connectivity index (χ1n) is 9.14. The van der Waals surface area contributed by atoms with Crippen molar-refractivity contribution < 1.29 is 4.79 Å². The van der Waals surface area contributed by atoms with E-state index in [1.165, 1.54) is 17.3 Å². The highest BCUT2D eigenvalue weighted by Crippen LogP contribution is 2.25. The zero-order valence-electron chi connectivity index (χ0n) is 15.5. The van der Waals surface area contributed by atoms with Crippen molar-refractivity contribution in [2.45, 2.75) is 63.3 Å². The Kier molecular flexibility index (Phi) is 5.81. The first-order valence-corrected chi connectivity index (χ1v) is 10.0. The lowest BCUT2D eigenvalue weighted by molar-refractivity contribution is -0.115. The minimum absolute atomic E-state index is 0.0541. The van der Waals surface area contributed by atoms with Gasteiger partial charge in [-0.1, -0.05) is 24.8 Å². The number of hydrogen-bond donors (Lipinski definition) is 2. The van der Waals surface area contributed by atoms with Gasteiger partial charge in [-0.05, 0) is 69.2 Å². The highest BCUT2D eigenvalue weighted by Gasteiger charge is 2.22. The van der Waals surface area contributed by atoms with Gasteiger partial charge in [-0.2, -0.15) is 0 Å². The summed E-state index contributed by atoms with van der Waals surface area (Å²) in [7, 11) is 0. The van der Waals surface area contributed by atoms with Gasteiger partial charge in [0.25, 0.3) is 5.56 Å². The van der Waals surface area contributed by atoms with Crippen molar-refractivity contribution in [2.24, 2.45) is 0 Å². The van der Waals surface area contributed by atoms with E-state index in [2.05, 4.69) is 15.3 Å². The molecule has 2 N–H and O–H groups in total. The van der Waals surface area contributed by atoms with Crippen LogP contribution in [0.5, 0.6) is 0 Å². The molecule has 26 heavy (non-hydrogen) atoms. The van der Waals surface area contributed by atoms with Crippen molar-refractivity contribution in [1.82, 2.24) is 9.97 Å². The van der Waals surface area contributed by atoms with Gasteiger partial charge in [-0.15, -0.1) is 0 Å². The molecule has 2 aromatic rings. The van der Waals surface area contributed by atoms with Crippen molar-refractivity contribution in [2.75, 3.05) is 5.32 Å². The second-order valence-corrected chi connectivity index (χ2v) is 8.00. The van der Waals surface area contributed by atoms with E-state index in [0.29, 0.717) is 11.6 Å².